The lowest BCUT2D eigenvalue weighted by Gasteiger charge is -2.08. The molecule has 1 amide bonds. The smallest absolute Gasteiger partial charge is 0.253 e. The Kier molecular flexibility index (Phi) is 3.87. The molecule has 3 aromatic heterocycles. The van der Waals surface area contributed by atoms with Crippen molar-refractivity contribution < 1.29 is 9.21 Å². The second kappa shape index (κ2) is 5.96. The minimum atomic E-state index is -0.308. The number of rotatable bonds is 5. The maximum absolute atomic E-state index is 12.0. The number of amides is 1. The van der Waals surface area contributed by atoms with Crippen LogP contribution in [0.3, 0.4) is 0 Å². The first kappa shape index (κ1) is 13.6. The van der Waals surface area contributed by atoms with Crippen LogP contribution >= 0.6 is 11.8 Å². The lowest BCUT2D eigenvalue weighted by molar-refractivity contribution is -0.120. The molecule has 0 fully saturated rings. The van der Waals surface area contributed by atoms with Crippen molar-refractivity contribution in [1.29, 1.82) is 0 Å². The minimum Gasteiger partial charge on any atom is -0.467 e. The third kappa shape index (κ3) is 3.22. The van der Waals surface area contributed by atoms with Gasteiger partial charge in [-0.25, -0.2) is 9.50 Å². The van der Waals surface area contributed by atoms with Gasteiger partial charge in [-0.15, -0.1) is 5.10 Å². The van der Waals surface area contributed by atoms with Gasteiger partial charge in [-0.2, -0.15) is 4.98 Å². The molecular formula is C13H13N5O2S. The Morgan fingerprint density at radius 3 is 3.19 bits per heavy atom. The number of carbonyl (C=O) groups is 1. The number of carbonyl (C=O) groups excluding carboxylic acids is 1. The number of nitrogens with zero attached hydrogens (tertiary/aromatic N) is 4. The maximum Gasteiger partial charge on any atom is 0.253 e. The average Bonchev–Trinajstić information content (AvgIpc) is 3.13. The second-order valence-corrected chi connectivity index (χ2v) is 5.62. The SMILES string of the molecule is CC(Sc1nc2ncccn2n1)C(=O)NCc1ccco1. The van der Waals surface area contributed by atoms with Gasteiger partial charge in [-0.3, -0.25) is 4.79 Å². The van der Waals surface area contributed by atoms with Crippen LogP contribution in [-0.2, 0) is 11.3 Å². The zero-order valence-corrected chi connectivity index (χ0v) is 12.1. The van der Waals surface area contributed by atoms with Crippen LogP contribution < -0.4 is 5.32 Å². The van der Waals surface area contributed by atoms with Crippen molar-refractivity contribution in [3.05, 3.63) is 42.6 Å². The molecule has 8 heteroatoms. The summed E-state index contributed by atoms with van der Waals surface area (Å²) < 4.78 is 6.74. The highest BCUT2D eigenvalue weighted by atomic mass is 32.2. The predicted octanol–water partition coefficient (Wildman–Crippen LogP) is 1.51. The first-order chi connectivity index (χ1) is 10.2. The van der Waals surface area contributed by atoms with E-state index in [4.69, 9.17) is 4.42 Å². The number of fused-ring (bicyclic) bond motifs is 1. The summed E-state index contributed by atoms with van der Waals surface area (Å²) in [4.78, 5) is 20.3. The molecule has 0 aliphatic heterocycles. The predicted molar refractivity (Wildman–Crippen MR) is 76.7 cm³/mol. The Morgan fingerprint density at radius 2 is 2.43 bits per heavy atom. The fourth-order valence-electron chi connectivity index (χ4n) is 1.71. The van der Waals surface area contributed by atoms with Gasteiger partial charge in [0.05, 0.1) is 18.1 Å². The molecule has 108 valence electrons. The standard InChI is InChI=1S/C13H13N5O2S/c1-9(11(19)15-8-10-4-2-7-20-10)21-13-16-12-14-5-3-6-18(12)17-13/h2-7,9H,8H2,1H3,(H,15,19). The molecule has 21 heavy (non-hydrogen) atoms. The van der Waals surface area contributed by atoms with E-state index in [9.17, 15) is 4.79 Å². The highest BCUT2D eigenvalue weighted by Crippen LogP contribution is 2.19. The Balaban J connectivity index is 1.59. The summed E-state index contributed by atoms with van der Waals surface area (Å²) in [6.07, 6.45) is 4.99. The third-order valence-electron chi connectivity index (χ3n) is 2.77. The van der Waals surface area contributed by atoms with Crippen LogP contribution in [0.4, 0.5) is 0 Å². The molecular weight excluding hydrogens is 290 g/mol. The van der Waals surface area contributed by atoms with Crippen LogP contribution in [0.1, 0.15) is 12.7 Å². The van der Waals surface area contributed by atoms with Gasteiger partial charge in [0, 0.05) is 12.4 Å². The van der Waals surface area contributed by atoms with Crippen LogP contribution in [0.15, 0.2) is 46.4 Å². The van der Waals surface area contributed by atoms with Crippen molar-refractivity contribution >= 4 is 23.4 Å². The summed E-state index contributed by atoms with van der Waals surface area (Å²) in [5.74, 6) is 1.14. The first-order valence-corrected chi connectivity index (χ1v) is 7.24. The van der Waals surface area contributed by atoms with Crippen LogP contribution in [-0.4, -0.2) is 30.7 Å². The molecule has 0 radical (unpaired) electrons. The van der Waals surface area contributed by atoms with Crippen LogP contribution in [0.25, 0.3) is 5.78 Å². The van der Waals surface area contributed by atoms with E-state index in [0.29, 0.717) is 17.5 Å². The molecule has 0 saturated heterocycles. The van der Waals surface area contributed by atoms with E-state index >= 15 is 0 Å². The Labute approximate surface area is 124 Å². The number of aromatic nitrogens is 4. The number of hydrogen-bond donors (Lipinski definition) is 1. The third-order valence-corrected chi connectivity index (χ3v) is 3.72. The monoisotopic (exact) mass is 303 g/mol. The van der Waals surface area contributed by atoms with Crippen molar-refractivity contribution in [2.45, 2.75) is 23.9 Å². The quantitative estimate of drug-likeness (QED) is 0.719. The first-order valence-electron chi connectivity index (χ1n) is 6.36. The van der Waals surface area contributed by atoms with Crippen molar-refractivity contribution in [2.24, 2.45) is 0 Å². The van der Waals surface area contributed by atoms with E-state index in [2.05, 4.69) is 20.4 Å². The van der Waals surface area contributed by atoms with Crippen LogP contribution in [0.2, 0.25) is 0 Å². The van der Waals surface area contributed by atoms with Gasteiger partial charge in [-0.05, 0) is 25.1 Å². The lowest BCUT2D eigenvalue weighted by Crippen LogP contribution is -2.30. The van der Waals surface area contributed by atoms with Gasteiger partial charge in [-0.1, -0.05) is 11.8 Å². The van der Waals surface area contributed by atoms with Gasteiger partial charge < -0.3 is 9.73 Å². The van der Waals surface area contributed by atoms with E-state index in [0.717, 1.165) is 5.76 Å². The fourth-order valence-corrected chi connectivity index (χ4v) is 2.48. The van der Waals surface area contributed by atoms with Crippen LogP contribution in [0, 0.1) is 0 Å². The number of nitrogens with one attached hydrogen (secondary N) is 1. The molecule has 3 aromatic rings. The van der Waals surface area contributed by atoms with Gasteiger partial charge in [0.2, 0.25) is 11.1 Å². The second-order valence-electron chi connectivity index (χ2n) is 4.32. The Hall–Kier alpha value is -2.35. The molecule has 0 bridgehead atoms. The number of hydrogen-bond acceptors (Lipinski definition) is 6. The van der Waals surface area contributed by atoms with E-state index in [1.165, 1.54) is 11.8 Å². The molecule has 0 spiro atoms. The number of thioether (sulfide) groups is 1. The fraction of sp³-hybridized carbons (Fsp3) is 0.231. The summed E-state index contributed by atoms with van der Waals surface area (Å²) in [5, 5.41) is 7.27. The van der Waals surface area contributed by atoms with Crippen molar-refractivity contribution in [3.8, 4) is 0 Å². The lowest BCUT2D eigenvalue weighted by atomic mass is 10.4. The van der Waals surface area contributed by atoms with E-state index < -0.39 is 0 Å². The normalized spacial score (nSPS) is 12.4. The largest absolute Gasteiger partial charge is 0.467 e. The molecule has 0 aliphatic rings. The van der Waals surface area contributed by atoms with E-state index in [1.807, 2.05) is 6.07 Å². The summed E-state index contributed by atoms with van der Waals surface area (Å²) in [6.45, 7) is 2.18. The summed E-state index contributed by atoms with van der Waals surface area (Å²) in [6, 6.07) is 5.37. The van der Waals surface area contributed by atoms with Gasteiger partial charge >= 0.3 is 0 Å². The van der Waals surface area contributed by atoms with Crippen molar-refractivity contribution in [3.63, 3.8) is 0 Å². The van der Waals surface area contributed by atoms with Gasteiger partial charge in [0.25, 0.3) is 5.78 Å². The molecule has 0 saturated carbocycles. The Bertz CT molecular complexity index is 707. The number of furan rings is 1. The van der Waals surface area contributed by atoms with E-state index in [1.54, 1.807) is 42.2 Å². The highest BCUT2D eigenvalue weighted by molar-refractivity contribution is 8.00. The van der Waals surface area contributed by atoms with Crippen molar-refractivity contribution in [2.75, 3.05) is 0 Å². The molecule has 3 rings (SSSR count). The Morgan fingerprint density at radius 1 is 1.52 bits per heavy atom. The molecule has 3 heterocycles. The van der Waals surface area contributed by atoms with E-state index in [-0.39, 0.29) is 11.2 Å². The molecule has 0 aliphatic carbocycles. The average molecular weight is 303 g/mol. The molecule has 1 atom stereocenters. The molecule has 0 aromatic carbocycles. The topological polar surface area (TPSA) is 85.3 Å². The molecule has 7 nitrogen and oxygen atoms in total. The van der Waals surface area contributed by atoms with Gasteiger partial charge in [0.15, 0.2) is 0 Å². The highest BCUT2D eigenvalue weighted by Gasteiger charge is 2.17. The van der Waals surface area contributed by atoms with Gasteiger partial charge in [0.1, 0.15) is 5.76 Å². The summed E-state index contributed by atoms with van der Waals surface area (Å²) >= 11 is 1.29. The van der Waals surface area contributed by atoms with Crippen molar-refractivity contribution in [1.82, 2.24) is 24.9 Å². The zero-order chi connectivity index (χ0) is 14.7. The summed E-state index contributed by atoms with van der Waals surface area (Å²) in [7, 11) is 0. The van der Waals surface area contributed by atoms with Crippen LogP contribution in [0.5, 0.6) is 0 Å². The molecule has 1 N–H and O–H groups in total. The summed E-state index contributed by atoms with van der Waals surface area (Å²) in [5.41, 5.74) is 0. The minimum absolute atomic E-state index is 0.0942. The maximum atomic E-state index is 12.0. The molecule has 1 unspecified atom stereocenters. The zero-order valence-electron chi connectivity index (χ0n) is 11.3.